The number of benzene rings is 3. The predicted molar refractivity (Wildman–Crippen MR) is 134 cm³/mol. The number of anilines is 2. The van der Waals surface area contributed by atoms with Gasteiger partial charge in [-0.25, -0.2) is 5.43 Å². The molecule has 3 rings (SSSR count). The van der Waals surface area contributed by atoms with Gasteiger partial charge in [-0.1, -0.05) is 23.7 Å². The van der Waals surface area contributed by atoms with E-state index >= 15 is 0 Å². The number of ether oxygens (including phenoxy) is 2. The zero-order chi connectivity index (χ0) is 25.2. The summed E-state index contributed by atoms with van der Waals surface area (Å²) in [6.45, 7) is 1.64. The molecule has 3 aromatic carbocycles. The number of rotatable bonds is 8. The van der Waals surface area contributed by atoms with Gasteiger partial charge in [-0.3, -0.25) is 14.4 Å². The summed E-state index contributed by atoms with van der Waals surface area (Å²) in [5.41, 5.74) is 4.79. The maximum Gasteiger partial charge on any atom is 0.329 e. The Bertz CT molecular complexity index is 1240. The molecule has 3 aromatic rings. The average molecular weight is 495 g/mol. The predicted octanol–water partition coefficient (Wildman–Crippen LogP) is 3.76. The number of aryl methyl sites for hydroxylation is 1. The summed E-state index contributed by atoms with van der Waals surface area (Å²) in [7, 11) is 1.45. The van der Waals surface area contributed by atoms with Crippen LogP contribution in [0.1, 0.15) is 11.1 Å². The standard InChI is InChI=1S/C25H23ClN4O5/c1-16-4-3-5-20(12-16)29-24(32)25(33)30-27-14-17-6-11-21(22(13-17)34-2)35-15-23(31)28-19-9-7-18(26)8-10-19/h3-14H,15H2,1-2H3,(H,28,31)(H,29,32)(H,30,33)/b27-14-. The van der Waals surface area contributed by atoms with Crippen LogP contribution >= 0.6 is 11.6 Å². The number of nitrogens with zero attached hydrogens (tertiary/aromatic N) is 1. The lowest BCUT2D eigenvalue weighted by molar-refractivity contribution is -0.136. The van der Waals surface area contributed by atoms with Gasteiger partial charge in [0.2, 0.25) is 0 Å². The van der Waals surface area contributed by atoms with Crippen molar-refractivity contribution in [2.45, 2.75) is 6.92 Å². The molecule has 0 bridgehead atoms. The topological polar surface area (TPSA) is 118 Å². The van der Waals surface area contributed by atoms with E-state index < -0.39 is 11.8 Å². The van der Waals surface area contributed by atoms with Crippen LogP contribution in [0.5, 0.6) is 11.5 Å². The number of carbonyl (C=O) groups excluding carboxylic acids is 3. The molecule has 35 heavy (non-hydrogen) atoms. The van der Waals surface area contributed by atoms with Crippen LogP contribution in [0.2, 0.25) is 5.02 Å². The zero-order valence-electron chi connectivity index (χ0n) is 19.0. The highest BCUT2D eigenvalue weighted by Gasteiger charge is 2.13. The molecule has 0 aliphatic heterocycles. The molecule has 0 aromatic heterocycles. The van der Waals surface area contributed by atoms with Crippen LogP contribution in [0.25, 0.3) is 0 Å². The first kappa shape index (κ1) is 25.3. The highest BCUT2D eigenvalue weighted by molar-refractivity contribution is 6.39. The van der Waals surface area contributed by atoms with Gasteiger partial charge in [-0.2, -0.15) is 5.10 Å². The molecule has 180 valence electrons. The van der Waals surface area contributed by atoms with Gasteiger partial charge in [0.25, 0.3) is 5.91 Å². The Morgan fingerprint density at radius 1 is 0.914 bits per heavy atom. The molecule has 0 unspecified atom stereocenters. The minimum atomic E-state index is -0.915. The number of methoxy groups -OCH3 is 1. The smallest absolute Gasteiger partial charge is 0.329 e. The average Bonchev–Trinajstić information content (AvgIpc) is 2.84. The summed E-state index contributed by atoms with van der Waals surface area (Å²) in [5.74, 6) is -1.41. The molecule has 0 fully saturated rings. The van der Waals surface area contributed by atoms with E-state index in [-0.39, 0.29) is 12.5 Å². The van der Waals surface area contributed by atoms with E-state index in [9.17, 15) is 14.4 Å². The Morgan fingerprint density at radius 3 is 2.40 bits per heavy atom. The second-order valence-electron chi connectivity index (χ2n) is 7.28. The van der Waals surface area contributed by atoms with Crippen molar-refractivity contribution >= 4 is 46.9 Å². The van der Waals surface area contributed by atoms with Crippen molar-refractivity contribution in [2.75, 3.05) is 24.4 Å². The Labute approximate surface area is 207 Å². The molecule has 0 heterocycles. The molecule has 0 atom stereocenters. The molecule has 9 nitrogen and oxygen atoms in total. The summed E-state index contributed by atoms with van der Waals surface area (Å²) in [6, 6.07) is 18.6. The molecule has 0 spiro atoms. The summed E-state index contributed by atoms with van der Waals surface area (Å²) < 4.78 is 10.9. The van der Waals surface area contributed by atoms with Crippen molar-refractivity contribution in [3.8, 4) is 11.5 Å². The molecular weight excluding hydrogens is 472 g/mol. The molecule has 0 saturated heterocycles. The summed E-state index contributed by atoms with van der Waals surface area (Å²) in [6.07, 6.45) is 1.34. The third-order valence-electron chi connectivity index (χ3n) is 4.54. The van der Waals surface area contributed by atoms with Crippen molar-refractivity contribution in [1.82, 2.24) is 5.43 Å². The van der Waals surface area contributed by atoms with Gasteiger partial charge < -0.3 is 20.1 Å². The monoisotopic (exact) mass is 494 g/mol. The van der Waals surface area contributed by atoms with E-state index in [4.69, 9.17) is 21.1 Å². The number of nitrogens with one attached hydrogen (secondary N) is 3. The highest BCUT2D eigenvalue weighted by Crippen LogP contribution is 2.27. The van der Waals surface area contributed by atoms with E-state index in [1.54, 1.807) is 60.7 Å². The number of hydrazone groups is 1. The molecule has 3 amide bonds. The number of amides is 3. The van der Waals surface area contributed by atoms with Gasteiger partial charge in [0.05, 0.1) is 13.3 Å². The Morgan fingerprint density at radius 2 is 1.69 bits per heavy atom. The normalized spacial score (nSPS) is 10.5. The summed E-state index contributed by atoms with van der Waals surface area (Å²) in [4.78, 5) is 36.1. The molecule has 3 N–H and O–H groups in total. The van der Waals surface area contributed by atoms with Crippen LogP contribution in [0, 0.1) is 6.92 Å². The minimum absolute atomic E-state index is 0.238. The molecular formula is C25H23ClN4O5. The maximum absolute atomic E-state index is 12.1. The fourth-order valence-electron chi connectivity index (χ4n) is 2.88. The van der Waals surface area contributed by atoms with Gasteiger partial charge >= 0.3 is 11.8 Å². The van der Waals surface area contributed by atoms with Crippen molar-refractivity contribution in [1.29, 1.82) is 0 Å². The molecule has 0 saturated carbocycles. The fraction of sp³-hybridized carbons (Fsp3) is 0.120. The second kappa shape index (κ2) is 12.2. The zero-order valence-corrected chi connectivity index (χ0v) is 19.8. The highest BCUT2D eigenvalue weighted by atomic mass is 35.5. The van der Waals surface area contributed by atoms with E-state index in [1.807, 2.05) is 13.0 Å². The van der Waals surface area contributed by atoms with Crippen molar-refractivity contribution < 1.29 is 23.9 Å². The van der Waals surface area contributed by atoms with Crippen LogP contribution in [-0.2, 0) is 14.4 Å². The molecule has 0 aliphatic carbocycles. The van der Waals surface area contributed by atoms with Crippen molar-refractivity contribution in [3.05, 3.63) is 82.9 Å². The first-order chi connectivity index (χ1) is 16.8. The lowest BCUT2D eigenvalue weighted by Crippen LogP contribution is -2.32. The SMILES string of the molecule is COc1cc(/C=N\NC(=O)C(=O)Nc2cccc(C)c2)ccc1OCC(=O)Nc1ccc(Cl)cc1. The van der Waals surface area contributed by atoms with E-state index in [2.05, 4.69) is 21.2 Å². The Balaban J connectivity index is 1.52. The quantitative estimate of drug-likeness (QED) is 0.250. The Kier molecular flexibility index (Phi) is 8.80. The van der Waals surface area contributed by atoms with Gasteiger partial charge in [0.1, 0.15) is 0 Å². The number of carbonyl (C=O) groups is 3. The minimum Gasteiger partial charge on any atom is -0.493 e. The summed E-state index contributed by atoms with van der Waals surface area (Å²) >= 11 is 5.83. The van der Waals surface area contributed by atoms with Gasteiger partial charge in [-0.05, 0) is 72.6 Å². The lowest BCUT2D eigenvalue weighted by atomic mass is 10.2. The third kappa shape index (κ3) is 7.86. The van der Waals surface area contributed by atoms with Crippen LogP contribution in [-0.4, -0.2) is 37.7 Å². The second-order valence-corrected chi connectivity index (χ2v) is 7.71. The van der Waals surface area contributed by atoms with Gasteiger partial charge in [0.15, 0.2) is 18.1 Å². The van der Waals surface area contributed by atoms with Gasteiger partial charge in [0, 0.05) is 16.4 Å². The number of hydrogen-bond donors (Lipinski definition) is 3. The van der Waals surface area contributed by atoms with E-state index in [0.717, 1.165) is 5.56 Å². The van der Waals surface area contributed by atoms with Crippen molar-refractivity contribution in [3.63, 3.8) is 0 Å². The summed E-state index contributed by atoms with van der Waals surface area (Å²) in [5, 5.41) is 9.56. The Hall–Kier alpha value is -4.37. The van der Waals surface area contributed by atoms with E-state index in [0.29, 0.717) is 33.5 Å². The number of hydrogen-bond acceptors (Lipinski definition) is 6. The lowest BCUT2D eigenvalue weighted by Gasteiger charge is -2.11. The van der Waals surface area contributed by atoms with Gasteiger partial charge in [-0.15, -0.1) is 0 Å². The number of halogens is 1. The van der Waals surface area contributed by atoms with E-state index in [1.165, 1.54) is 13.3 Å². The molecule has 10 heteroatoms. The van der Waals surface area contributed by atoms with Crippen LogP contribution in [0.4, 0.5) is 11.4 Å². The fourth-order valence-corrected chi connectivity index (χ4v) is 3.01. The first-order valence-electron chi connectivity index (χ1n) is 10.4. The molecule has 0 radical (unpaired) electrons. The molecule has 0 aliphatic rings. The third-order valence-corrected chi connectivity index (χ3v) is 4.79. The van der Waals surface area contributed by atoms with Crippen LogP contribution < -0.4 is 25.5 Å². The van der Waals surface area contributed by atoms with Crippen molar-refractivity contribution in [2.24, 2.45) is 5.10 Å². The van der Waals surface area contributed by atoms with Crippen LogP contribution in [0.15, 0.2) is 71.8 Å². The van der Waals surface area contributed by atoms with Crippen LogP contribution in [0.3, 0.4) is 0 Å². The first-order valence-corrected chi connectivity index (χ1v) is 10.8. The largest absolute Gasteiger partial charge is 0.493 e. The maximum atomic E-state index is 12.1.